The largest absolute Gasteiger partial charge is 0.451 e. The molecular formula is C19H16N4O4S. The molecule has 142 valence electrons. The van der Waals surface area contributed by atoms with Crippen molar-refractivity contribution in [2.24, 2.45) is 0 Å². The van der Waals surface area contributed by atoms with Crippen LogP contribution in [0.25, 0.3) is 10.8 Å². The number of aromatic nitrogens is 2. The number of nitrogens with one attached hydrogen (secondary N) is 1. The number of aryl methyl sites for hydroxylation is 1. The quantitative estimate of drug-likeness (QED) is 0.641. The number of fused-ring (bicyclic) bond motifs is 1. The van der Waals surface area contributed by atoms with Gasteiger partial charge in [0.25, 0.3) is 11.5 Å². The summed E-state index contributed by atoms with van der Waals surface area (Å²) >= 11 is 1.20. The van der Waals surface area contributed by atoms with Gasteiger partial charge in [0.1, 0.15) is 11.1 Å². The zero-order valence-electron chi connectivity index (χ0n) is 15.0. The van der Waals surface area contributed by atoms with Gasteiger partial charge in [-0.15, -0.1) is 11.3 Å². The fourth-order valence-electron chi connectivity index (χ4n) is 2.61. The number of amides is 1. The van der Waals surface area contributed by atoms with Crippen molar-refractivity contribution < 1.29 is 14.3 Å². The van der Waals surface area contributed by atoms with E-state index in [-0.39, 0.29) is 11.3 Å². The summed E-state index contributed by atoms with van der Waals surface area (Å²) in [4.78, 5) is 37.0. The van der Waals surface area contributed by atoms with E-state index in [2.05, 4.69) is 10.4 Å². The molecule has 0 saturated carbocycles. The minimum absolute atomic E-state index is 0.0229. The van der Waals surface area contributed by atoms with E-state index in [1.807, 2.05) is 13.0 Å². The molecule has 3 aromatic rings. The number of ether oxygens (including phenoxy) is 1. The van der Waals surface area contributed by atoms with Crippen molar-refractivity contribution in [3.05, 3.63) is 57.3 Å². The first kappa shape index (κ1) is 19.3. The van der Waals surface area contributed by atoms with Crippen LogP contribution >= 0.6 is 11.3 Å². The number of anilines is 1. The summed E-state index contributed by atoms with van der Waals surface area (Å²) in [7, 11) is 0. The van der Waals surface area contributed by atoms with Crippen LogP contribution in [-0.4, -0.2) is 28.3 Å². The zero-order valence-corrected chi connectivity index (χ0v) is 15.8. The molecule has 0 saturated heterocycles. The second-order valence-corrected chi connectivity index (χ2v) is 6.74. The van der Waals surface area contributed by atoms with Gasteiger partial charge in [0.05, 0.1) is 10.9 Å². The molecule has 1 amide bonds. The van der Waals surface area contributed by atoms with Crippen LogP contribution in [0.2, 0.25) is 0 Å². The number of thiophene rings is 1. The second kappa shape index (κ2) is 8.45. The number of carbonyl (C=O) groups is 2. The normalized spacial score (nSPS) is 10.4. The van der Waals surface area contributed by atoms with Gasteiger partial charge in [-0.1, -0.05) is 25.1 Å². The van der Waals surface area contributed by atoms with E-state index in [0.717, 1.165) is 0 Å². The summed E-state index contributed by atoms with van der Waals surface area (Å²) in [5.41, 5.74) is 0.0303. The van der Waals surface area contributed by atoms with Crippen molar-refractivity contribution in [2.75, 3.05) is 11.9 Å². The molecule has 8 nitrogen and oxygen atoms in total. The Balaban J connectivity index is 1.80. The highest BCUT2D eigenvalue weighted by molar-refractivity contribution is 7.14. The highest BCUT2D eigenvalue weighted by atomic mass is 32.1. The van der Waals surface area contributed by atoms with Crippen LogP contribution in [-0.2, 0) is 16.1 Å². The Morgan fingerprint density at radius 1 is 1.29 bits per heavy atom. The van der Waals surface area contributed by atoms with Crippen LogP contribution < -0.4 is 10.9 Å². The Bertz CT molecular complexity index is 1140. The SMILES string of the molecule is CCCn1nc(C(=O)OCC(=O)Nc2sccc2C#N)c2ccccc2c1=O. The molecule has 9 heteroatoms. The maximum atomic E-state index is 12.5. The number of hydrogen-bond acceptors (Lipinski definition) is 7. The van der Waals surface area contributed by atoms with Gasteiger partial charge in [-0.2, -0.15) is 10.4 Å². The minimum Gasteiger partial charge on any atom is -0.451 e. The lowest BCUT2D eigenvalue weighted by atomic mass is 10.1. The molecule has 0 aliphatic heterocycles. The summed E-state index contributed by atoms with van der Waals surface area (Å²) in [6.45, 7) is 1.72. The first-order valence-corrected chi connectivity index (χ1v) is 9.37. The molecule has 0 aliphatic carbocycles. The number of rotatable bonds is 6. The molecular weight excluding hydrogens is 380 g/mol. The van der Waals surface area contributed by atoms with Gasteiger partial charge in [-0.3, -0.25) is 9.59 Å². The number of benzene rings is 1. The summed E-state index contributed by atoms with van der Waals surface area (Å²) in [5.74, 6) is -1.37. The number of carbonyl (C=O) groups excluding carboxylic acids is 2. The van der Waals surface area contributed by atoms with Crippen LogP contribution in [0.15, 0.2) is 40.5 Å². The van der Waals surface area contributed by atoms with Crippen molar-refractivity contribution >= 4 is 39.0 Å². The Hall–Kier alpha value is -3.51. The van der Waals surface area contributed by atoms with Crippen LogP contribution in [0.1, 0.15) is 29.4 Å². The molecule has 0 radical (unpaired) electrons. The molecule has 0 spiro atoms. The van der Waals surface area contributed by atoms with E-state index in [0.29, 0.717) is 34.3 Å². The van der Waals surface area contributed by atoms with Crippen molar-refractivity contribution in [3.8, 4) is 6.07 Å². The van der Waals surface area contributed by atoms with Gasteiger partial charge in [-0.25, -0.2) is 9.48 Å². The monoisotopic (exact) mass is 396 g/mol. The molecule has 0 fully saturated rings. The first-order chi connectivity index (χ1) is 13.5. The summed E-state index contributed by atoms with van der Waals surface area (Å²) in [6.07, 6.45) is 0.671. The molecule has 3 rings (SSSR count). The third kappa shape index (κ3) is 3.92. The predicted molar refractivity (Wildman–Crippen MR) is 104 cm³/mol. The number of esters is 1. The maximum absolute atomic E-state index is 12.5. The van der Waals surface area contributed by atoms with Gasteiger partial charge >= 0.3 is 5.97 Å². The fourth-order valence-corrected chi connectivity index (χ4v) is 3.36. The standard InChI is InChI=1S/C19H16N4O4S/c1-2-8-23-18(25)14-6-4-3-5-13(14)16(22-23)19(26)27-11-15(24)21-17-12(10-20)7-9-28-17/h3-7,9H,2,8,11H2,1H3,(H,21,24). The molecule has 2 heterocycles. The van der Waals surface area contributed by atoms with Gasteiger partial charge in [0.2, 0.25) is 0 Å². The van der Waals surface area contributed by atoms with E-state index in [4.69, 9.17) is 10.00 Å². The average molecular weight is 396 g/mol. The lowest BCUT2D eigenvalue weighted by Gasteiger charge is -2.10. The fraction of sp³-hybridized carbons (Fsp3) is 0.211. The van der Waals surface area contributed by atoms with Crippen molar-refractivity contribution in [3.63, 3.8) is 0 Å². The molecule has 1 aromatic carbocycles. The average Bonchev–Trinajstić information content (AvgIpc) is 3.15. The van der Waals surface area contributed by atoms with Crippen LogP contribution in [0, 0.1) is 11.3 Å². The molecule has 0 unspecified atom stereocenters. The highest BCUT2D eigenvalue weighted by Gasteiger charge is 2.19. The molecule has 2 aromatic heterocycles. The van der Waals surface area contributed by atoms with Crippen molar-refractivity contribution in [2.45, 2.75) is 19.9 Å². The van der Waals surface area contributed by atoms with E-state index in [9.17, 15) is 14.4 Å². The van der Waals surface area contributed by atoms with Crippen LogP contribution in [0.3, 0.4) is 0 Å². The van der Waals surface area contributed by atoms with E-state index in [1.54, 1.807) is 35.7 Å². The van der Waals surface area contributed by atoms with Gasteiger partial charge in [0, 0.05) is 11.9 Å². The third-order valence-corrected chi connectivity index (χ3v) is 4.70. The Morgan fingerprint density at radius 3 is 2.75 bits per heavy atom. The van der Waals surface area contributed by atoms with Crippen LogP contribution in [0.5, 0.6) is 0 Å². The lowest BCUT2D eigenvalue weighted by molar-refractivity contribution is -0.119. The molecule has 0 atom stereocenters. The molecule has 0 bridgehead atoms. The first-order valence-electron chi connectivity index (χ1n) is 8.49. The lowest BCUT2D eigenvalue weighted by Crippen LogP contribution is -2.27. The smallest absolute Gasteiger partial charge is 0.359 e. The Morgan fingerprint density at radius 2 is 2.04 bits per heavy atom. The summed E-state index contributed by atoms with van der Waals surface area (Å²) in [6, 6.07) is 10.2. The van der Waals surface area contributed by atoms with E-state index >= 15 is 0 Å². The van der Waals surface area contributed by atoms with Gasteiger partial charge in [0.15, 0.2) is 12.3 Å². The van der Waals surface area contributed by atoms with Crippen LogP contribution in [0.4, 0.5) is 5.00 Å². The Kier molecular flexibility index (Phi) is 5.81. The second-order valence-electron chi connectivity index (χ2n) is 5.82. The number of nitrogens with zero attached hydrogens (tertiary/aromatic N) is 3. The van der Waals surface area contributed by atoms with E-state index < -0.39 is 18.5 Å². The summed E-state index contributed by atoms with van der Waals surface area (Å²) in [5, 5.41) is 18.4. The van der Waals surface area contributed by atoms with Crippen molar-refractivity contribution in [1.82, 2.24) is 9.78 Å². The van der Waals surface area contributed by atoms with Gasteiger partial charge < -0.3 is 10.1 Å². The zero-order chi connectivity index (χ0) is 20.1. The molecule has 28 heavy (non-hydrogen) atoms. The molecule has 1 N–H and O–H groups in total. The van der Waals surface area contributed by atoms with Crippen molar-refractivity contribution in [1.29, 1.82) is 5.26 Å². The topological polar surface area (TPSA) is 114 Å². The minimum atomic E-state index is -0.803. The Labute approximate surface area is 164 Å². The predicted octanol–water partition coefficient (Wildman–Crippen LogP) is 2.54. The number of hydrogen-bond donors (Lipinski definition) is 1. The highest BCUT2D eigenvalue weighted by Crippen LogP contribution is 2.22. The third-order valence-electron chi connectivity index (χ3n) is 3.87. The summed E-state index contributed by atoms with van der Waals surface area (Å²) < 4.78 is 6.31. The maximum Gasteiger partial charge on any atom is 0.359 e. The number of nitriles is 1. The van der Waals surface area contributed by atoms with E-state index in [1.165, 1.54) is 16.0 Å². The molecule has 0 aliphatic rings. The van der Waals surface area contributed by atoms with Gasteiger partial charge in [-0.05, 0) is 23.9 Å².